The molecule has 0 saturated heterocycles. The Morgan fingerprint density at radius 1 is 0.893 bits per heavy atom. The number of hydrogen-bond donors (Lipinski definition) is 1. The van der Waals surface area contributed by atoms with Crippen LogP contribution in [-0.2, 0) is 12.0 Å². The van der Waals surface area contributed by atoms with Crippen LogP contribution < -0.4 is 10.2 Å². The molecule has 4 saturated carbocycles. The Morgan fingerprint density at radius 3 is 2.21 bits per heavy atom. The molecular formula is C26H34N2. The van der Waals surface area contributed by atoms with Gasteiger partial charge in [-0.2, -0.15) is 0 Å². The molecule has 2 heteroatoms. The number of benzene rings is 2. The third-order valence-electron chi connectivity index (χ3n) is 7.85. The first-order valence-corrected chi connectivity index (χ1v) is 11.1. The largest absolute Gasteiger partial charge is 0.378 e. The minimum Gasteiger partial charge on any atom is -0.378 e. The highest BCUT2D eigenvalue weighted by Crippen LogP contribution is 2.65. The summed E-state index contributed by atoms with van der Waals surface area (Å²) in [5, 5.41) is 3.86. The van der Waals surface area contributed by atoms with Crippen molar-refractivity contribution in [3.63, 3.8) is 0 Å². The molecule has 4 aliphatic carbocycles. The summed E-state index contributed by atoms with van der Waals surface area (Å²) in [6, 6.07) is 20.5. The first-order valence-electron chi connectivity index (χ1n) is 11.1. The van der Waals surface area contributed by atoms with Crippen molar-refractivity contribution in [2.24, 2.45) is 17.3 Å². The molecular weight excluding hydrogens is 340 g/mol. The average molecular weight is 375 g/mol. The second-order valence-electron chi connectivity index (χ2n) is 10.3. The number of rotatable bonds is 6. The molecule has 4 bridgehead atoms. The van der Waals surface area contributed by atoms with Gasteiger partial charge in [0.1, 0.15) is 0 Å². The molecule has 2 nitrogen and oxygen atoms in total. The van der Waals surface area contributed by atoms with Crippen molar-refractivity contribution < 1.29 is 0 Å². The molecule has 0 unspecified atom stereocenters. The number of nitrogens with one attached hydrogen (secondary N) is 1. The van der Waals surface area contributed by atoms with Crippen molar-refractivity contribution in [3.8, 4) is 0 Å². The van der Waals surface area contributed by atoms with E-state index in [1.165, 1.54) is 56.3 Å². The average Bonchev–Trinajstić information content (AvgIpc) is 2.68. The van der Waals surface area contributed by atoms with Crippen LogP contribution in [0.3, 0.4) is 0 Å². The van der Waals surface area contributed by atoms with Crippen molar-refractivity contribution >= 4 is 5.69 Å². The van der Waals surface area contributed by atoms with Crippen molar-refractivity contribution in [2.75, 3.05) is 25.5 Å². The normalized spacial score (nSPS) is 33.2. The van der Waals surface area contributed by atoms with Crippen LogP contribution in [0.1, 0.15) is 49.7 Å². The number of hydrogen-bond acceptors (Lipinski definition) is 2. The highest BCUT2D eigenvalue weighted by molar-refractivity contribution is 5.46. The van der Waals surface area contributed by atoms with Gasteiger partial charge in [0.15, 0.2) is 0 Å². The van der Waals surface area contributed by atoms with E-state index in [2.05, 4.69) is 78.9 Å². The van der Waals surface area contributed by atoms with E-state index < -0.39 is 0 Å². The summed E-state index contributed by atoms with van der Waals surface area (Å²) in [7, 11) is 4.20. The van der Waals surface area contributed by atoms with Gasteiger partial charge in [-0.15, -0.1) is 0 Å². The smallest absolute Gasteiger partial charge is 0.0361 e. The molecule has 0 aromatic heterocycles. The van der Waals surface area contributed by atoms with Crippen molar-refractivity contribution in [1.82, 2.24) is 5.32 Å². The topological polar surface area (TPSA) is 15.3 Å². The summed E-state index contributed by atoms with van der Waals surface area (Å²) in [6.45, 7) is 2.17. The van der Waals surface area contributed by atoms with Crippen LogP contribution >= 0.6 is 0 Å². The second-order valence-corrected chi connectivity index (χ2v) is 10.3. The van der Waals surface area contributed by atoms with Crippen molar-refractivity contribution in [3.05, 3.63) is 65.7 Å². The fraction of sp³-hybridized carbons (Fsp3) is 0.538. The highest BCUT2D eigenvalue weighted by atomic mass is 15.1. The second kappa shape index (κ2) is 6.91. The molecule has 2 aromatic rings. The summed E-state index contributed by atoms with van der Waals surface area (Å²) in [5.41, 5.74) is 5.26. The summed E-state index contributed by atoms with van der Waals surface area (Å²) < 4.78 is 0. The third kappa shape index (κ3) is 3.26. The molecule has 0 heterocycles. The number of anilines is 1. The summed E-state index contributed by atoms with van der Waals surface area (Å²) in [6.07, 6.45) is 8.64. The zero-order valence-electron chi connectivity index (χ0n) is 17.5. The molecule has 4 aliphatic rings. The van der Waals surface area contributed by atoms with Gasteiger partial charge in [0.2, 0.25) is 0 Å². The Hall–Kier alpha value is -1.80. The van der Waals surface area contributed by atoms with Crippen molar-refractivity contribution in [1.29, 1.82) is 0 Å². The third-order valence-corrected chi connectivity index (χ3v) is 7.85. The van der Waals surface area contributed by atoms with E-state index in [1.807, 2.05) is 0 Å². The Kier molecular flexibility index (Phi) is 4.50. The minimum absolute atomic E-state index is 0.459. The van der Waals surface area contributed by atoms with Crippen molar-refractivity contribution in [2.45, 2.75) is 50.5 Å². The Balaban J connectivity index is 1.29. The molecule has 28 heavy (non-hydrogen) atoms. The molecule has 2 atom stereocenters. The van der Waals surface area contributed by atoms with Crippen LogP contribution in [0.25, 0.3) is 0 Å². The van der Waals surface area contributed by atoms with Gasteiger partial charge in [-0.1, -0.05) is 42.5 Å². The zero-order chi connectivity index (χ0) is 19.2. The summed E-state index contributed by atoms with van der Waals surface area (Å²) in [5.74, 6) is 1.89. The van der Waals surface area contributed by atoms with Gasteiger partial charge in [-0.25, -0.2) is 0 Å². The Morgan fingerprint density at radius 2 is 1.57 bits per heavy atom. The highest BCUT2D eigenvalue weighted by Gasteiger charge is 2.57. The molecule has 1 N–H and O–H groups in total. The van der Waals surface area contributed by atoms with Crippen LogP contribution in [0.15, 0.2) is 54.6 Å². The molecule has 0 spiro atoms. The first-order chi connectivity index (χ1) is 13.6. The van der Waals surface area contributed by atoms with Gasteiger partial charge >= 0.3 is 0 Å². The van der Waals surface area contributed by atoms with E-state index >= 15 is 0 Å². The van der Waals surface area contributed by atoms with Gasteiger partial charge in [0.05, 0.1) is 0 Å². The van der Waals surface area contributed by atoms with Gasteiger partial charge in [0, 0.05) is 32.9 Å². The maximum Gasteiger partial charge on any atom is 0.0361 e. The van der Waals surface area contributed by atoms with Gasteiger partial charge < -0.3 is 10.2 Å². The number of nitrogens with zero attached hydrogens (tertiary/aromatic N) is 1. The van der Waals surface area contributed by atoms with E-state index in [-0.39, 0.29) is 0 Å². The lowest BCUT2D eigenvalue weighted by atomic mass is 9.43. The van der Waals surface area contributed by atoms with Crippen LogP contribution in [0.2, 0.25) is 0 Å². The van der Waals surface area contributed by atoms with Crippen LogP contribution in [0.4, 0.5) is 5.69 Å². The fourth-order valence-corrected chi connectivity index (χ4v) is 7.17. The van der Waals surface area contributed by atoms with Gasteiger partial charge in [-0.3, -0.25) is 0 Å². The van der Waals surface area contributed by atoms with E-state index in [0.29, 0.717) is 10.8 Å². The molecule has 2 aromatic carbocycles. The van der Waals surface area contributed by atoms with Crippen LogP contribution in [0.5, 0.6) is 0 Å². The maximum absolute atomic E-state index is 3.86. The first kappa shape index (κ1) is 18.2. The summed E-state index contributed by atoms with van der Waals surface area (Å²) >= 11 is 0. The lowest BCUT2D eigenvalue weighted by molar-refractivity contribution is -0.0708. The van der Waals surface area contributed by atoms with E-state index in [4.69, 9.17) is 0 Å². The molecule has 0 amide bonds. The monoisotopic (exact) mass is 374 g/mol. The fourth-order valence-electron chi connectivity index (χ4n) is 7.17. The Labute approximate surface area is 170 Å². The maximum atomic E-state index is 3.86. The molecule has 0 aliphatic heterocycles. The van der Waals surface area contributed by atoms with Crippen LogP contribution in [0, 0.1) is 17.3 Å². The molecule has 0 radical (unpaired) electrons. The predicted molar refractivity (Wildman–Crippen MR) is 118 cm³/mol. The van der Waals surface area contributed by atoms with E-state index in [0.717, 1.165) is 18.4 Å². The zero-order valence-corrected chi connectivity index (χ0v) is 17.5. The standard InChI is InChI=1S/C26H34N2/c1-28(2)24-10-8-20(9-11-24)17-27-19-25-13-21-12-22(14-25)16-26(15-21,18-25)23-6-4-3-5-7-23/h3-11,21-22,27H,12-19H2,1-2H3/t21-,22-,25?,26?/m0/s1. The lowest BCUT2D eigenvalue weighted by Gasteiger charge is -2.62. The molecule has 6 rings (SSSR count). The lowest BCUT2D eigenvalue weighted by Crippen LogP contribution is -2.56. The van der Waals surface area contributed by atoms with E-state index in [9.17, 15) is 0 Å². The Bertz CT molecular complexity index is 794. The van der Waals surface area contributed by atoms with E-state index in [1.54, 1.807) is 5.56 Å². The molecule has 4 fully saturated rings. The van der Waals surface area contributed by atoms with Crippen LogP contribution in [-0.4, -0.2) is 20.6 Å². The summed E-state index contributed by atoms with van der Waals surface area (Å²) in [4.78, 5) is 2.16. The predicted octanol–water partition coefficient (Wildman–Crippen LogP) is 5.38. The van der Waals surface area contributed by atoms with Gasteiger partial charge in [0.25, 0.3) is 0 Å². The SMILES string of the molecule is CN(C)c1ccc(CNCC23C[C@@H]4C[C@@H](C2)CC(c2ccccc2)(C4)C3)cc1. The molecule has 148 valence electrons. The quantitative estimate of drug-likeness (QED) is 0.730. The van der Waals surface area contributed by atoms with Gasteiger partial charge in [-0.05, 0) is 84.5 Å². The minimum atomic E-state index is 0.459.